The lowest BCUT2D eigenvalue weighted by Crippen LogP contribution is -2.00. The van der Waals surface area contributed by atoms with E-state index in [0.29, 0.717) is 6.08 Å². The molecule has 0 spiro atoms. The predicted octanol–water partition coefficient (Wildman–Crippen LogP) is 1.30. The average molecular weight is 124 g/mol. The molecule has 0 aromatic rings. The summed E-state index contributed by atoms with van der Waals surface area (Å²) in [6.07, 6.45) is -4.01. The van der Waals surface area contributed by atoms with Crippen molar-refractivity contribution in [3.05, 3.63) is 12.2 Å². The molecule has 0 N–H and O–H groups in total. The van der Waals surface area contributed by atoms with E-state index in [-0.39, 0.29) is 12.4 Å². The standard InChI is InChI=1S/C4H3F3O/c5-4(6,7)2-1-3-8/h1-3H/b2-1+. The third-order valence-electron chi connectivity index (χ3n) is 0.364. The highest BCUT2D eigenvalue weighted by atomic mass is 19.4. The Balaban J connectivity index is 3.69. The monoisotopic (exact) mass is 124 g/mol. The fourth-order valence-corrected chi connectivity index (χ4v) is 0.148. The predicted molar refractivity (Wildman–Crippen MR) is 21.3 cm³/mol. The summed E-state index contributed by atoms with van der Waals surface area (Å²) >= 11 is 0. The highest BCUT2D eigenvalue weighted by molar-refractivity contribution is 5.64. The van der Waals surface area contributed by atoms with Crippen molar-refractivity contribution in [1.29, 1.82) is 0 Å². The molecule has 0 saturated heterocycles. The maximum absolute atomic E-state index is 11.0. The third kappa shape index (κ3) is 5.20. The molecule has 0 aromatic carbocycles. The fraction of sp³-hybridized carbons (Fsp3) is 0.250. The van der Waals surface area contributed by atoms with Crippen molar-refractivity contribution in [3.63, 3.8) is 0 Å². The van der Waals surface area contributed by atoms with Crippen molar-refractivity contribution in [3.8, 4) is 0 Å². The van der Waals surface area contributed by atoms with Crippen LogP contribution >= 0.6 is 0 Å². The Morgan fingerprint density at radius 1 is 1.25 bits per heavy atom. The van der Waals surface area contributed by atoms with Gasteiger partial charge in [-0.2, -0.15) is 13.2 Å². The van der Waals surface area contributed by atoms with Crippen molar-refractivity contribution in [2.45, 2.75) is 6.18 Å². The van der Waals surface area contributed by atoms with Gasteiger partial charge in [0.15, 0.2) is 0 Å². The minimum Gasteiger partial charge on any atom is -0.299 e. The van der Waals surface area contributed by atoms with Crippen LogP contribution in [0.15, 0.2) is 12.2 Å². The van der Waals surface area contributed by atoms with Crippen LogP contribution in [0.25, 0.3) is 0 Å². The van der Waals surface area contributed by atoms with Gasteiger partial charge < -0.3 is 0 Å². The van der Waals surface area contributed by atoms with E-state index in [1.165, 1.54) is 0 Å². The van der Waals surface area contributed by atoms with Gasteiger partial charge >= 0.3 is 6.18 Å². The van der Waals surface area contributed by atoms with Crippen molar-refractivity contribution >= 4 is 6.29 Å². The first-order valence-electron chi connectivity index (χ1n) is 1.76. The van der Waals surface area contributed by atoms with Crippen molar-refractivity contribution < 1.29 is 18.0 Å². The van der Waals surface area contributed by atoms with Gasteiger partial charge in [-0.3, -0.25) is 4.79 Å². The first-order valence-corrected chi connectivity index (χ1v) is 1.76. The van der Waals surface area contributed by atoms with Crippen LogP contribution in [0.4, 0.5) is 13.2 Å². The topological polar surface area (TPSA) is 17.1 Å². The van der Waals surface area contributed by atoms with E-state index in [1.807, 2.05) is 0 Å². The molecule has 0 heterocycles. The van der Waals surface area contributed by atoms with E-state index < -0.39 is 6.18 Å². The van der Waals surface area contributed by atoms with Crippen LogP contribution in [0, 0.1) is 0 Å². The van der Waals surface area contributed by atoms with E-state index in [4.69, 9.17) is 0 Å². The van der Waals surface area contributed by atoms with Gasteiger partial charge in [0.2, 0.25) is 0 Å². The largest absolute Gasteiger partial charge is 0.409 e. The van der Waals surface area contributed by atoms with Crippen molar-refractivity contribution in [1.82, 2.24) is 0 Å². The Hall–Kier alpha value is -0.800. The maximum Gasteiger partial charge on any atom is 0.409 e. The normalized spacial score (nSPS) is 12.4. The molecule has 1 nitrogen and oxygen atoms in total. The Morgan fingerprint density at radius 3 is 1.88 bits per heavy atom. The quantitative estimate of drug-likeness (QED) is 0.380. The molecular weight excluding hydrogens is 121 g/mol. The molecule has 0 saturated carbocycles. The van der Waals surface area contributed by atoms with Crippen LogP contribution in [0.2, 0.25) is 0 Å². The summed E-state index contributed by atoms with van der Waals surface area (Å²) in [6, 6.07) is 0. The number of aldehydes is 1. The molecule has 0 bridgehead atoms. The lowest BCUT2D eigenvalue weighted by Gasteiger charge is -1.93. The number of halogens is 3. The number of carbonyl (C=O) groups excluding carboxylic acids is 1. The molecule has 0 unspecified atom stereocenters. The molecule has 0 radical (unpaired) electrons. The van der Waals surface area contributed by atoms with Gasteiger partial charge in [0, 0.05) is 6.08 Å². The summed E-state index contributed by atoms with van der Waals surface area (Å²) < 4.78 is 33.0. The Kier molecular flexibility index (Phi) is 2.24. The Bertz CT molecular complexity index is 102. The highest BCUT2D eigenvalue weighted by Crippen LogP contribution is 2.14. The lowest BCUT2D eigenvalue weighted by atomic mass is 10.5. The fourth-order valence-electron chi connectivity index (χ4n) is 0.148. The van der Waals surface area contributed by atoms with Gasteiger partial charge in [0.05, 0.1) is 0 Å². The third-order valence-corrected chi connectivity index (χ3v) is 0.364. The summed E-state index contributed by atoms with van der Waals surface area (Å²) in [7, 11) is 0. The van der Waals surface area contributed by atoms with Crippen LogP contribution in [-0.4, -0.2) is 12.5 Å². The second-order valence-corrected chi connectivity index (χ2v) is 1.04. The van der Waals surface area contributed by atoms with E-state index in [2.05, 4.69) is 0 Å². The zero-order valence-corrected chi connectivity index (χ0v) is 3.77. The van der Waals surface area contributed by atoms with Crippen LogP contribution in [-0.2, 0) is 4.79 Å². The first kappa shape index (κ1) is 7.20. The van der Waals surface area contributed by atoms with Gasteiger partial charge in [-0.1, -0.05) is 0 Å². The number of hydrogen-bond donors (Lipinski definition) is 0. The Morgan fingerprint density at radius 2 is 1.75 bits per heavy atom. The smallest absolute Gasteiger partial charge is 0.299 e. The van der Waals surface area contributed by atoms with Gasteiger partial charge in [-0.05, 0) is 6.08 Å². The lowest BCUT2D eigenvalue weighted by molar-refractivity contribution is -0.105. The summed E-state index contributed by atoms with van der Waals surface area (Å²) in [6.45, 7) is 0. The molecule has 0 aliphatic rings. The average Bonchev–Trinajstić information content (AvgIpc) is 1.59. The van der Waals surface area contributed by atoms with Gasteiger partial charge in [0.25, 0.3) is 0 Å². The van der Waals surface area contributed by atoms with Gasteiger partial charge in [0.1, 0.15) is 6.29 Å². The molecule has 46 valence electrons. The first-order chi connectivity index (χ1) is 3.56. The summed E-state index contributed by atoms with van der Waals surface area (Å²) in [5.74, 6) is 0. The molecule has 8 heavy (non-hydrogen) atoms. The number of carbonyl (C=O) groups is 1. The molecule has 4 heteroatoms. The number of alkyl halides is 3. The molecule has 0 fully saturated rings. The van der Waals surface area contributed by atoms with Crippen LogP contribution < -0.4 is 0 Å². The molecule has 0 aromatic heterocycles. The number of rotatable bonds is 1. The maximum atomic E-state index is 11.0. The molecule has 0 aliphatic heterocycles. The second kappa shape index (κ2) is 2.49. The van der Waals surface area contributed by atoms with Crippen LogP contribution in [0.1, 0.15) is 0 Å². The molecule has 0 atom stereocenters. The van der Waals surface area contributed by atoms with Crippen molar-refractivity contribution in [2.75, 3.05) is 0 Å². The van der Waals surface area contributed by atoms with E-state index in [0.717, 1.165) is 0 Å². The molecular formula is C4H3F3O. The molecule has 0 amide bonds. The van der Waals surface area contributed by atoms with E-state index in [1.54, 1.807) is 0 Å². The zero-order valence-electron chi connectivity index (χ0n) is 3.77. The second-order valence-electron chi connectivity index (χ2n) is 1.04. The molecule has 0 aliphatic carbocycles. The SMILES string of the molecule is O=C/C=C/C(F)(F)F. The molecule has 0 rings (SSSR count). The Labute approximate surface area is 43.8 Å². The zero-order chi connectivity index (χ0) is 6.62. The van der Waals surface area contributed by atoms with Crippen LogP contribution in [0.3, 0.4) is 0 Å². The number of allylic oxidation sites excluding steroid dienone is 2. The minimum atomic E-state index is -4.36. The van der Waals surface area contributed by atoms with E-state index in [9.17, 15) is 18.0 Å². The number of hydrogen-bond acceptors (Lipinski definition) is 1. The summed E-state index contributed by atoms with van der Waals surface area (Å²) in [5, 5.41) is 0. The van der Waals surface area contributed by atoms with Gasteiger partial charge in [-0.25, -0.2) is 0 Å². The summed E-state index contributed by atoms with van der Waals surface area (Å²) in [4.78, 5) is 9.26. The summed E-state index contributed by atoms with van der Waals surface area (Å²) in [5.41, 5.74) is 0. The highest BCUT2D eigenvalue weighted by Gasteiger charge is 2.21. The van der Waals surface area contributed by atoms with Crippen LogP contribution in [0.5, 0.6) is 0 Å². The van der Waals surface area contributed by atoms with Gasteiger partial charge in [-0.15, -0.1) is 0 Å². The van der Waals surface area contributed by atoms with E-state index >= 15 is 0 Å². The minimum absolute atomic E-state index is 0.0769. The van der Waals surface area contributed by atoms with Crippen molar-refractivity contribution in [2.24, 2.45) is 0 Å².